The van der Waals surface area contributed by atoms with Crippen LogP contribution in [0.15, 0.2) is 18.2 Å². The highest BCUT2D eigenvalue weighted by Gasteiger charge is 2.25. The first-order chi connectivity index (χ1) is 9.02. The van der Waals surface area contributed by atoms with E-state index in [4.69, 9.17) is 5.84 Å². The van der Waals surface area contributed by atoms with Crippen molar-refractivity contribution < 1.29 is 9.72 Å². The molecule has 1 aromatic carbocycles. The molecule has 0 aliphatic rings. The number of hydrogen-bond donors (Lipinski definition) is 2. The van der Waals surface area contributed by atoms with Crippen LogP contribution in [0.2, 0.25) is 0 Å². The highest BCUT2D eigenvalue weighted by Crippen LogP contribution is 2.28. The fourth-order valence-corrected chi connectivity index (χ4v) is 2.02. The van der Waals surface area contributed by atoms with E-state index in [-0.39, 0.29) is 16.9 Å². The van der Waals surface area contributed by atoms with Crippen molar-refractivity contribution in [2.75, 3.05) is 31.0 Å². The van der Waals surface area contributed by atoms with Gasteiger partial charge in [0.15, 0.2) is 0 Å². The molecule has 0 spiro atoms. The van der Waals surface area contributed by atoms with Crippen LogP contribution in [0.1, 0.15) is 10.4 Å². The lowest BCUT2D eigenvalue weighted by Crippen LogP contribution is -2.29. The Morgan fingerprint density at radius 3 is 2.79 bits per heavy atom. The lowest BCUT2D eigenvalue weighted by atomic mass is 10.1. The molecule has 1 rings (SSSR count). The number of carbonyl (C=O) groups excluding carboxylic acids is 1. The van der Waals surface area contributed by atoms with Gasteiger partial charge in [-0.3, -0.25) is 20.8 Å². The van der Waals surface area contributed by atoms with E-state index < -0.39 is 10.8 Å². The van der Waals surface area contributed by atoms with E-state index in [1.54, 1.807) is 24.9 Å². The van der Waals surface area contributed by atoms with Gasteiger partial charge >= 0.3 is 5.69 Å². The second-order valence-electron chi connectivity index (χ2n) is 3.82. The van der Waals surface area contributed by atoms with Crippen molar-refractivity contribution in [3.05, 3.63) is 33.9 Å². The van der Waals surface area contributed by atoms with E-state index in [9.17, 15) is 14.9 Å². The number of hydrazine groups is 1. The normalized spacial score (nSPS) is 10.1. The minimum atomic E-state index is -0.606. The number of nitrogens with one attached hydrogen (secondary N) is 1. The number of para-hydroxylation sites is 1. The van der Waals surface area contributed by atoms with Gasteiger partial charge in [0.05, 0.1) is 4.92 Å². The highest BCUT2D eigenvalue weighted by atomic mass is 32.2. The minimum absolute atomic E-state index is 0.0315. The van der Waals surface area contributed by atoms with Crippen molar-refractivity contribution in [1.82, 2.24) is 4.90 Å². The van der Waals surface area contributed by atoms with Gasteiger partial charge in [0.2, 0.25) is 0 Å². The number of thioether (sulfide) groups is 1. The molecular weight excluding hydrogens is 268 g/mol. The van der Waals surface area contributed by atoms with E-state index in [2.05, 4.69) is 5.43 Å². The van der Waals surface area contributed by atoms with Crippen molar-refractivity contribution in [3.63, 3.8) is 0 Å². The topological polar surface area (TPSA) is 102 Å². The maximum absolute atomic E-state index is 12.2. The van der Waals surface area contributed by atoms with E-state index in [1.165, 1.54) is 17.0 Å². The minimum Gasteiger partial charge on any atom is -0.341 e. The third-order valence-electron chi connectivity index (χ3n) is 2.58. The summed E-state index contributed by atoms with van der Waals surface area (Å²) in [6.45, 7) is 0.525. The van der Waals surface area contributed by atoms with Gasteiger partial charge in [-0.05, 0) is 18.4 Å². The average molecular weight is 284 g/mol. The van der Waals surface area contributed by atoms with Gasteiger partial charge in [-0.25, -0.2) is 0 Å². The fourth-order valence-electron chi connectivity index (χ4n) is 1.56. The first-order valence-electron chi connectivity index (χ1n) is 5.51. The number of nitrogens with two attached hydrogens (primary N) is 1. The van der Waals surface area contributed by atoms with Crippen LogP contribution >= 0.6 is 11.8 Å². The Kier molecular flexibility index (Phi) is 5.58. The van der Waals surface area contributed by atoms with Gasteiger partial charge in [0.1, 0.15) is 11.3 Å². The van der Waals surface area contributed by atoms with Crippen molar-refractivity contribution in [3.8, 4) is 0 Å². The summed E-state index contributed by atoms with van der Waals surface area (Å²) in [5.74, 6) is 5.61. The fraction of sp³-hybridized carbons (Fsp3) is 0.364. The van der Waals surface area contributed by atoms with Gasteiger partial charge in [-0.15, -0.1) is 0 Å². The Labute approximate surface area is 115 Å². The molecule has 0 aromatic heterocycles. The number of nitro benzene ring substituents is 1. The average Bonchev–Trinajstić information content (AvgIpc) is 2.42. The third kappa shape index (κ3) is 3.58. The van der Waals surface area contributed by atoms with Crippen LogP contribution in [0.4, 0.5) is 11.4 Å². The Balaban J connectivity index is 3.12. The number of nitrogen functional groups attached to an aromatic ring is 1. The van der Waals surface area contributed by atoms with Crippen LogP contribution in [0, 0.1) is 10.1 Å². The number of nitro groups is 1. The summed E-state index contributed by atoms with van der Waals surface area (Å²) in [5, 5.41) is 11.1. The second kappa shape index (κ2) is 6.95. The molecule has 104 valence electrons. The van der Waals surface area contributed by atoms with Gasteiger partial charge < -0.3 is 10.3 Å². The lowest BCUT2D eigenvalue weighted by Gasteiger charge is -2.17. The van der Waals surface area contributed by atoms with E-state index >= 15 is 0 Å². The van der Waals surface area contributed by atoms with Gasteiger partial charge in [-0.2, -0.15) is 11.8 Å². The number of nitrogens with zero attached hydrogens (tertiary/aromatic N) is 2. The molecule has 0 heterocycles. The van der Waals surface area contributed by atoms with Crippen LogP contribution in [0.3, 0.4) is 0 Å². The first-order valence-corrected chi connectivity index (χ1v) is 6.90. The molecule has 0 fully saturated rings. The molecule has 0 atom stereocenters. The monoisotopic (exact) mass is 284 g/mol. The molecule has 0 aliphatic carbocycles. The van der Waals surface area contributed by atoms with Gasteiger partial charge in [0.25, 0.3) is 5.91 Å². The van der Waals surface area contributed by atoms with E-state index in [0.717, 1.165) is 5.75 Å². The first kappa shape index (κ1) is 15.3. The summed E-state index contributed by atoms with van der Waals surface area (Å²) < 4.78 is 0. The molecule has 1 aromatic rings. The molecule has 19 heavy (non-hydrogen) atoms. The SMILES string of the molecule is CSCCN(C)C(=O)c1cccc(NN)c1[N+](=O)[O-]. The number of benzene rings is 1. The summed E-state index contributed by atoms with van der Waals surface area (Å²) in [6.07, 6.45) is 1.93. The molecule has 3 N–H and O–H groups in total. The molecule has 0 aliphatic heterocycles. The van der Waals surface area contributed by atoms with Crippen molar-refractivity contribution in [2.45, 2.75) is 0 Å². The molecule has 7 nitrogen and oxygen atoms in total. The predicted octanol–water partition coefficient (Wildman–Crippen LogP) is 1.32. The van der Waals surface area contributed by atoms with Crippen molar-refractivity contribution >= 4 is 29.0 Å². The Hall–Kier alpha value is -1.80. The van der Waals surface area contributed by atoms with Crippen LogP contribution in [-0.4, -0.2) is 41.3 Å². The molecule has 8 heteroatoms. The number of anilines is 1. The van der Waals surface area contributed by atoms with Crippen molar-refractivity contribution in [2.24, 2.45) is 5.84 Å². The molecule has 0 saturated heterocycles. The Morgan fingerprint density at radius 1 is 1.58 bits per heavy atom. The standard InChI is InChI=1S/C11H16N4O3S/c1-14(6-7-19-2)11(16)8-4-3-5-9(13-12)10(8)15(17)18/h3-5,13H,6-7,12H2,1-2H3. The molecule has 1 amide bonds. The molecule has 0 saturated carbocycles. The zero-order valence-corrected chi connectivity index (χ0v) is 11.6. The molecule has 0 bridgehead atoms. The predicted molar refractivity (Wildman–Crippen MR) is 76.2 cm³/mol. The van der Waals surface area contributed by atoms with Crippen LogP contribution in [0.5, 0.6) is 0 Å². The zero-order chi connectivity index (χ0) is 14.4. The number of rotatable bonds is 6. The maximum atomic E-state index is 12.2. The van der Waals surface area contributed by atoms with Crippen LogP contribution in [0.25, 0.3) is 0 Å². The molecule has 0 unspecified atom stereocenters. The maximum Gasteiger partial charge on any atom is 0.306 e. The third-order valence-corrected chi connectivity index (χ3v) is 3.17. The van der Waals surface area contributed by atoms with Crippen molar-refractivity contribution in [1.29, 1.82) is 0 Å². The summed E-state index contributed by atoms with van der Waals surface area (Å²) in [7, 11) is 1.62. The summed E-state index contributed by atoms with van der Waals surface area (Å²) >= 11 is 1.60. The lowest BCUT2D eigenvalue weighted by molar-refractivity contribution is -0.384. The largest absolute Gasteiger partial charge is 0.341 e. The van der Waals surface area contributed by atoms with Crippen LogP contribution in [-0.2, 0) is 0 Å². The summed E-state index contributed by atoms with van der Waals surface area (Å²) in [6, 6.07) is 4.44. The van der Waals surface area contributed by atoms with Gasteiger partial charge in [0, 0.05) is 19.3 Å². The Morgan fingerprint density at radius 2 is 2.26 bits per heavy atom. The molecular formula is C11H16N4O3S. The number of amides is 1. The Bertz CT molecular complexity index is 481. The van der Waals surface area contributed by atoms with Gasteiger partial charge in [-0.1, -0.05) is 6.07 Å². The number of hydrogen-bond acceptors (Lipinski definition) is 6. The van der Waals surface area contributed by atoms with E-state index in [0.29, 0.717) is 6.54 Å². The smallest absolute Gasteiger partial charge is 0.306 e. The molecule has 0 radical (unpaired) electrons. The summed E-state index contributed by atoms with van der Waals surface area (Å²) in [5.41, 5.74) is 2.09. The quantitative estimate of drug-likeness (QED) is 0.464. The van der Waals surface area contributed by atoms with E-state index in [1.807, 2.05) is 6.26 Å². The summed E-state index contributed by atoms with van der Waals surface area (Å²) in [4.78, 5) is 24.1. The zero-order valence-electron chi connectivity index (χ0n) is 10.8. The highest BCUT2D eigenvalue weighted by molar-refractivity contribution is 7.98. The number of carbonyl (C=O) groups is 1. The van der Waals surface area contributed by atoms with Crippen LogP contribution < -0.4 is 11.3 Å². The second-order valence-corrected chi connectivity index (χ2v) is 4.81.